The summed E-state index contributed by atoms with van der Waals surface area (Å²) in [6.45, 7) is 4.56. The summed E-state index contributed by atoms with van der Waals surface area (Å²) in [4.78, 5) is 26.5. The van der Waals surface area contributed by atoms with Gasteiger partial charge >= 0.3 is 6.09 Å². The Morgan fingerprint density at radius 3 is 2.31 bits per heavy atom. The van der Waals surface area contributed by atoms with Crippen LogP contribution >= 0.6 is 12.6 Å². The van der Waals surface area contributed by atoms with Crippen LogP contribution in [0.15, 0.2) is 30.3 Å². The van der Waals surface area contributed by atoms with Gasteiger partial charge in [0, 0.05) is 12.2 Å². The number of aliphatic hydroxyl groups excluding tert-OH is 2. The Balaban J connectivity index is 3.35. The van der Waals surface area contributed by atoms with E-state index in [2.05, 4.69) is 12.6 Å². The van der Waals surface area contributed by atoms with E-state index < -0.39 is 42.4 Å². The van der Waals surface area contributed by atoms with Crippen LogP contribution in [0.25, 0.3) is 0 Å². The Hall–Kier alpha value is -1.61. The van der Waals surface area contributed by atoms with Crippen LogP contribution in [0.3, 0.4) is 0 Å². The summed E-state index contributed by atoms with van der Waals surface area (Å²) < 4.78 is 5.37. The molecular formula is C18H28N2O5S. The Labute approximate surface area is 159 Å². The topological polar surface area (TPSA) is 113 Å². The van der Waals surface area contributed by atoms with E-state index in [1.807, 2.05) is 0 Å². The highest BCUT2D eigenvalue weighted by Crippen LogP contribution is 2.28. The number of carbonyl (C=O) groups is 2. The number of imide groups is 1. The van der Waals surface area contributed by atoms with Crippen LogP contribution in [0.4, 0.5) is 4.79 Å². The predicted octanol–water partition coefficient (Wildman–Crippen LogP) is 1.49. The number of ether oxygens (including phenoxy) is 1. The highest BCUT2D eigenvalue weighted by molar-refractivity contribution is 7.80. The van der Waals surface area contributed by atoms with E-state index >= 15 is 0 Å². The van der Waals surface area contributed by atoms with Gasteiger partial charge in [-0.2, -0.15) is 12.6 Å². The van der Waals surface area contributed by atoms with Crippen LogP contribution < -0.4 is 5.73 Å². The molecule has 0 saturated heterocycles. The summed E-state index contributed by atoms with van der Waals surface area (Å²) in [7, 11) is 0. The second-order valence-corrected chi connectivity index (χ2v) is 7.34. The number of nitrogens with two attached hydrogens (primary N) is 1. The monoisotopic (exact) mass is 384 g/mol. The Morgan fingerprint density at radius 1 is 1.27 bits per heavy atom. The number of carbonyl (C=O) groups excluding carboxylic acids is 2. The molecule has 0 spiro atoms. The van der Waals surface area contributed by atoms with Crippen molar-refractivity contribution < 1.29 is 24.5 Å². The number of amides is 2. The summed E-state index contributed by atoms with van der Waals surface area (Å²) in [6, 6.07) is 6.91. The van der Waals surface area contributed by atoms with Gasteiger partial charge in [-0.15, -0.1) is 0 Å². The summed E-state index contributed by atoms with van der Waals surface area (Å²) in [5, 5.41) is 19.2. The molecule has 0 aliphatic heterocycles. The lowest BCUT2D eigenvalue weighted by Crippen LogP contribution is -2.51. The van der Waals surface area contributed by atoms with E-state index in [0.29, 0.717) is 5.56 Å². The van der Waals surface area contributed by atoms with Crippen LogP contribution in [0.2, 0.25) is 0 Å². The molecule has 0 fully saturated rings. The molecule has 0 saturated carbocycles. The molecule has 26 heavy (non-hydrogen) atoms. The third kappa shape index (κ3) is 6.60. The highest BCUT2D eigenvalue weighted by atomic mass is 32.1. The smallest absolute Gasteiger partial charge is 0.417 e. The van der Waals surface area contributed by atoms with Crippen LogP contribution in [-0.4, -0.2) is 57.2 Å². The first-order chi connectivity index (χ1) is 12.1. The van der Waals surface area contributed by atoms with Gasteiger partial charge in [-0.1, -0.05) is 30.3 Å². The molecule has 4 N–H and O–H groups in total. The van der Waals surface area contributed by atoms with Gasteiger partial charge in [0.25, 0.3) is 0 Å². The summed E-state index contributed by atoms with van der Waals surface area (Å²) >= 11 is 4.03. The minimum atomic E-state index is -1.12. The normalized spacial score (nSPS) is 15.0. The van der Waals surface area contributed by atoms with Gasteiger partial charge in [-0.3, -0.25) is 4.79 Å². The number of thiol groups is 1. The van der Waals surface area contributed by atoms with Gasteiger partial charge < -0.3 is 20.7 Å². The van der Waals surface area contributed by atoms with E-state index in [-0.39, 0.29) is 12.2 Å². The van der Waals surface area contributed by atoms with Crippen molar-refractivity contribution in [3.8, 4) is 0 Å². The van der Waals surface area contributed by atoms with Crippen LogP contribution in [0.5, 0.6) is 0 Å². The molecule has 146 valence electrons. The third-order valence-electron chi connectivity index (χ3n) is 3.54. The molecule has 1 aromatic carbocycles. The van der Waals surface area contributed by atoms with Gasteiger partial charge in [0.2, 0.25) is 5.91 Å². The lowest BCUT2D eigenvalue weighted by atomic mass is 9.98. The quantitative estimate of drug-likeness (QED) is 0.530. The number of rotatable bonds is 7. The maximum atomic E-state index is 12.8. The molecule has 3 atom stereocenters. The molecule has 0 bridgehead atoms. The van der Waals surface area contributed by atoms with E-state index in [1.165, 1.54) is 0 Å². The zero-order valence-corrected chi connectivity index (χ0v) is 16.2. The standard InChI is InChI=1S/C18H28N2O5S/c1-18(2,3)25-17(24)20(16(23)14(19)11-26)15(9-13(22)10-21)12-7-5-4-6-8-12/h4-8,13-15,21-22,26H,9-11,19H2,1-3H3. The van der Waals surface area contributed by atoms with Gasteiger partial charge in [0.05, 0.1) is 24.8 Å². The lowest BCUT2D eigenvalue weighted by Gasteiger charge is -2.34. The lowest BCUT2D eigenvalue weighted by molar-refractivity contribution is -0.134. The third-order valence-corrected chi connectivity index (χ3v) is 3.94. The number of aliphatic hydroxyl groups is 2. The fourth-order valence-corrected chi connectivity index (χ4v) is 2.49. The van der Waals surface area contributed by atoms with Gasteiger partial charge in [-0.25, -0.2) is 9.69 Å². The van der Waals surface area contributed by atoms with Crippen molar-refractivity contribution in [1.82, 2.24) is 4.90 Å². The average molecular weight is 384 g/mol. The summed E-state index contributed by atoms with van der Waals surface area (Å²) in [5.41, 5.74) is 5.61. The Kier molecular flexibility index (Phi) is 8.55. The maximum Gasteiger partial charge on any atom is 0.417 e. The maximum absolute atomic E-state index is 12.8. The van der Waals surface area contributed by atoms with Gasteiger partial charge in [0.1, 0.15) is 5.60 Å². The van der Waals surface area contributed by atoms with Crippen LogP contribution in [0.1, 0.15) is 38.8 Å². The summed E-state index contributed by atoms with van der Waals surface area (Å²) in [6.07, 6.45) is -2.03. The first-order valence-electron chi connectivity index (χ1n) is 8.37. The molecule has 0 radical (unpaired) electrons. The van der Waals surface area contributed by atoms with Crippen molar-refractivity contribution in [2.45, 2.75) is 51.0 Å². The minimum absolute atomic E-state index is 0.0438. The first-order valence-corrected chi connectivity index (χ1v) is 9.00. The second-order valence-electron chi connectivity index (χ2n) is 6.98. The van der Waals surface area contributed by atoms with Crippen LogP contribution in [0, 0.1) is 0 Å². The second kappa shape index (κ2) is 9.91. The molecule has 2 amide bonds. The number of nitrogens with zero attached hydrogens (tertiary/aromatic N) is 1. The number of benzene rings is 1. The van der Waals surface area contributed by atoms with Gasteiger partial charge in [0.15, 0.2) is 0 Å². The molecule has 1 rings (SSSR count). The Morgan fingerprint density at radius 2 is 1.85 bits per heavy atom. The molecule has 7 nitrogen and oxygen atoms in total. The van der Waals surface area contributed by atoms with E-state index in [0.717, 1.165) is 4.90 Å². The van der Waals surface area contributed by atoms with E-state index in [1.54, 1.807) is 51.1 Å². The Bertz CT molecular complexity index is 591. The number of hydrogen-bond acceptors (Lipinski definition) is 7. The van der Waals surface area contributed by atoms with Crippen molar-refractivity contribution in [1.29, 1.82) is 0 Å². The van der Waals surface area contributed by atoms with Crippen molar-refractivity contribution in [3.63, 3.8) is 0 Å². The number of hydrogen-bond donors (Lipinski definition) is 4. The largest absolute Gasteiger partial charge is 0.443 e. The summed E-state index contributed by atoms with van der Waals surface area (Å²) in [5.74, 6) is -0.615. The predicted molar refractivity (Wildman–Crippen MR) is 102 cm³/mol. The zero-order chi connectivity index (χ0) is 19.9. The van der Waals surface area contributed by atoms with E-state index in [4.69, 9.17) is 10.5 Å². The van der Waals surface area contributed by atoms with Crippen molar-refractivity contribution >= 4 is 24.6 Å². The fraction of sp³-hybridized carbons (Fsp3) is 0.556. The molecular weight excluding hydrogens is 356 g/mol. The van der Waals surface area contributed by atoms with Gasteiger partial charge in [-0.05, 0) is 26.3 Å². The molecule has 8 heteroatoms. The molecule has 1 aromatic rings. The average Bonchev–Trinajstić information content (AvgIpc) is 2.59. The zero-order valence-electron chi connectivity index (χ0n) is 15.3. The van der Waals surface area contributed by atoms with Crippen molar-refractivity contribution in [2.24, 2.45) is 5.73 Å². The fourth-order valence-electron chi connectivity index (χ4n) is 2.34. The SMILES string of the molecule is CC(C)(C)OC(=O)N(C(=O)C(N)CS)C(CC(O)CO)c1ccccc1. The van der Waals surface area contributed by atoms with E-state index in [9.17, 15) is 19.8 Å². The molecule has 0 aromatic heterocycles. The minimum Gasteiger partial charge on any atom is -0.443 e. The molecule has 0 heterocycles. The van der Waals surface area contributed by atoms with Crippen molar-refractivity contribution in [3.05, 3.63) is 35.9 Å². The van der Waals surface area contributed by atoms with Crippen molar-refractivity contribution in [2.75, 3.05) is 12.4 Å². The highest BCUT2D eigenvalue weighted by Gasteiger charge is 2.37. The molecule has 0 aliphatic carbocycles. The molecule has 3 unspecified atom stereocenters. The molecule has 0 aliphatic rings. The first kappa shape index (κ1) is 22.4. The van der Waals surface area contributed by atoms with Crippen LogP contribution in [-0.2, 0) is 9.53 Å².